The standard InChI is InChI=1S/C10H11ClN2O2/c1-7(2)15-10(13-14)12-9-5-3-4-8(11)6-9/h3-6,14H,1H2,2H3,(H,12,13). The lowest BCUT2D eigenvalue weighted by molar-refractivity contribution is 0.197. The molecule has 0 unspecified atom stereocenters. The molecule has 0 heterocycles. The van der Waals surface area contributed by atoms with E-state index in [2.05, 4.69) is 11.6 Å². The van der Waals surface area contributed by atoms with Crippen LogP contribution in [0, 0.1) is 0 Å². The smallest absolute Gasteiger partial charge is 0.319 e. The summed E-state index contributed by atoms with van der Waals surface area (Å²) in [5.41, 5.74) is 2.39. The average molecular weight is 227 g/mol. The van der Waals surface area contributed by atoms with Crippen molar-refractivity contribution in [2.24, 2.45) is 4.99 Å². The molecule has 1 aromatic carbocycles. The Morgan fingerprint density at radius 1 is 1.60 bits per heavy atom. The van der Waals surface area contributed by atoms with Crippen molar-refractivity contribution in [3.8, 4) is 0 Å². The number of allylic oxidation sites excluding steroid dienone is 1. The quantitative estimate of drug-likeness (QED) is 0.353. The first-order valence-electron chi connectivity index (χ1n) is 4.19. The van der Waals surface area contributed by atoms with Crippen molar-refractivity contribution < 1.29 is 9.94 Å². The number of ether oxygens (including phenoxy) is 1. The fraction of sp³-hybridized carbons (Fsp3) is 0.100. The molecule has 1 rings (SSSR count). The predicted molar refractivity (Wildman–Crippen MR) is 59.4 cm³/mol. The zero-order valence-electron chi connectivity index (χ0n) is 8.20. The summed E-state index contributed by atoms with van der Waals surface area (Å²) in [4.78, 5) is 3.97. The normalized spacial score (nSPS) is 11.0. The molecule has 2 N–H and O–H groups in total. The second kappa shape index (κ2) is 5.38. The summed E-state index contributed by atoms with van der Waals surface area (Å²) in [7, 11) is 0. The van der Waals surface area contributed by atoms with Crippen LogP contribution in [0.2, 0.25) is 5.02 Å². The molecule has 0 radical (unpaired) electrons. The Morgan fingerprint density at radius 3 is 2.87 bits per heavy atom. The van der Waals surface area contributed by atoms with Crippen LogP contribution in [0.15, 0.2) is 41.6 Å². The lowest BCUT2D eigenvalue weighted by Crippen LogP contribution is -2.21. The van der Waals surface area contributed by atoms with Crippen LogP contribution in [0.5, 0.6) is 0 Å². The van der Waals surface area contributed by atoms with Crippen LogP contribution in [0.1, 0.15) is 6.92 Å². The molecule has 0 atom stereocenters. The lowest BCUT2D eigenvalue weighted by atomic mass is 10.3. The van der Waals surface area contributed by atoms with Gasteiger partial charge in [-0.2, -0.15) is 4.99 Å². The molecule has 0 fully saturated rings. The number of halogens is 1. The van der Waals surface area contributed by atoms with E-state index in [0.717, 1.165) is 0 Å². The van der Waals surface area contributed by atoms with Crippen LogP contribution in [0.4, 0.5) is 5.69 Å². The number of hydrogen-bond acceptors (Lipinski definition) is 3. The second-order valence-corrected chi connectivity index (χ2v) is 3.25. The third-order valence-electron chi connectivity index (χ3n) is 1.41. The summed E-state index contributed by atoms with van der Waals surface area (Å²) in [6.07, 6.45) is 0. The second-order valence-electron chi connectivity index (χ2n) is 2.81. The van der Waals surface area contributed by atoms with Gasteiger partial charge >= 0.3 is 6.02 Å². The van der Waals surface area contributed by atoms with Gasteiger partial charge in [0.2, 0.25) is 0 Å². The highest BCUT2D eigenvalue weighted by molar-refractivity contribution is 6.30. The largest absolute Gasteiger partial charge is 0.430 e. The fourth-order valence-electron chi connectivity index (χ4n) is 0.899. The van der Waals surface area contributed by atoms with Gasteiger partial charge in [0.1, 0.15) is 0 Å². The number of rotatable bonds is 2. The predicted octanol–water partition coefficient (Wildman–Crippen LogP) is 2.86. The zero-order valence-corrected chi connectivity index (χ0v) is 8.95. The minimum Gasteiger partial charge on any atom is -0.430 e. The molecule has 5 heteroatoms. The molecule has 0 spiro atoms. The molecule has 0 aromatic heterocycles. The van der Waals surface area contributed by atoms with Crippen LogP contribution >= 0.6 is 11.6 Å². The Balaban J connectivity index is 2.87. The van der Waals surface area contributed by atoms with E-state index in [1.807, 2.05) is 5.48 Å². The third-order valence-corrected chi connectivity index (χ3v) is 1.64. The summed E-state index contributed by atoms with van der Waals surface area (Å²) in [5, 5.41) is 9.28. The van der Waals surface area contributed by atoms with E-state index < -0.39 is 0 Å². The SMILES string of the molecule is C=C(C)OC(=Nc1cccc(Cl)c1)NO. The van der Waals surface area contributed by atoms with Gasteiger partial charge in [0, 0.05) is 5.02 Å². The zero-order chi connectivity index (χ0) is 11.3. The number of benzene rings is 1. The van der Waals surface area contributed by atoms with Crippen molar-refractivity contribution in [1.82, 2.24) is 5.48 Å². The van der Waals surface area contributed by atoms with Gasteiger partial charge in [-0.1, -0.05) is 24.2 Å². The van der Waals surface area contributed by atoms with Crippen LogP contribution in [-0.4, -0.2) is 11.2 Å². The van der Waals surface area contributed by atoms with Crippen molar-refractivity contribution >= 4 is 23.3 Å². The Kier molecular flexibility index (Phi) is 4.15. The molecular formula is C10H11ClN2O2. The molecule has 0 aliphatic carbocycles. The first-order valence-corrected chi connectivity index (χ1v) is 4.57. The van der Waals surface area contributed by atoms with Gasteiger partial charge in [0.15, 0.2) is 0 Å². The van der Waals surface area contributed by atoms with Crippen LogP contribution < -0.4 is 5.48 Å². The van der Waals surface area contributed by atoms with Crippen molar-refractivity contribution in [2.75, 3.05) is 0 Å². The maximum absolute atomic E-state index is 8.73. The van der Waals surface area contributed by atoms with E-state index in [1.54, 1.807) is 31.2 Å². The molecule has 15 heavy (non-hydrogen) atoms. The van der Waals surface area contributed by atoms with Gasteiger partial charge in [-0.25, -0.2) is 5.48 Å². The van der Waals surface area contributed by atoms with Gasteiger partial charge < -0.3 is 4.74 Å². The molecule has 0 bridgehead atoms. The van der Waals surface area contributed by atoms with Crippen LogP contribution in [0.25, 0.3) is 0 Å². The van der Waals surface area contributed by atoms with E-state index in [1.165, 1.54) is 0 Å². The first-order chi connectivity index (χ1) is 7.11. The summed E-state index contributed by atoms with van der Waals surface area (Å²) in [5.74, 6) is 0.414. The highest BCUT2D eigenvalue weighted by atomic mass is 35.5. The number of hydroxylamine groups is 1. The maximum atomic E-state index is 8.73. The van der Waals surface area contributed by atoms with E-state index in [-0.39, 0.29) is 6.02 Å². The molecule has 4 nitrogen and oxygen atoms in total. The number of amidine groups is 1. The summed E-state index contributed by atoms with van der Waals surface area (Å²) in [6.45, 7) is 5.17. The summed E-state index contributed by atoms with van der Waals surface area (Å²) >= 11 is 5.77. The van der Waals surface area contributed by atoms with E-state index in [4.69, 9.17) is 21.5 Å². The molecule has 0 aliphatic heterocycles. The highest BCUT2D eigenvalue weighted by Crippen LogP contribution is 2.17. The topological polar surface area (TPSA) is 53.8 Å². The monoisotopic (exact) mass is 226 g/mol. The van der Waals surface area contributed by atoms with Crippen LogP contribution in [0.3, 0.4) is 0 Å². The molecule has 0 aliphatic rings. The third kappa shape index (κ3) is 4.01. The Morgan fingerprint density at radius 2 is 2.33 bits per heavy atom. The first kappa shape index (κ1) is 11.6. The van der Waals surface area contributed by atoms with Gasteiger partial charge in [0.25, 0.3) is 0 Å². The van der Waals surface area contributed by atoms with Crippen molar-refractivity contribution in [1.29, 1.82) is 0 Å². The number of nitrogens with zero attached hydrogens (tertiary/aromatic N) is 1. The van der Waals surface area contributed by atoms with Crippen molar-refractivity contribution in [2.45, 2.75) is 6.92 Å². The Bertz CT molecular complexity index is 391. The van der Waals surface area contributed by atoms with Gasteiger partial charge in [-0.3, -0.25) is 5.21 Å². The van der Waals surface area contributed by atoms with Crippen molar-refractivity contribution in [3.05, 3.63) is 41.6 Å². The summed E-state index contributed by atoms with van der Waals surface area (Å²) in [6, 6.07) is 6.79. The lowest BCUT2D eigenvalue weighted by Gasteiger charge is -2.05. The van der Waals surface area contributed by atoms with E-state index >= 15 is 0 Å². The molecule has 0 saturated heterocycles. The number of hydrogen-bond donors (Lipinski definition) is 2. The van der Waals surface area contributed by atoms with Gasteiger partial charge in [-0.15, -0.1) is 0 Å². The van der Waals surface area contributed by atoms with Gasteiger partial charge in [0.05, 0.1) is 11.4 Å². The molecular weight excluding hydrogens is 216 g/mol. The highest BCUT2D eigenvalue weighted by Gasteiger charge is 1.99. The Labute approximate surface area is 92.8 Å². The maximum Gasteiger partial charge on any atom is 0.319 e. The molecule has 0 amide bonds. The number of aliphatic imine (C=N–C) groups is 1. The summed E-state index contributed by atoms with van der Waals surface area (Å²) < 4.78 is 4.99. The van der Waals surface area contributed by atoms with E-state index in [9.17, 15) is 0 Å². The van der Waals surface area contributed by atoms with Crippen LogP contribution in [-0.2, 0) is 4.74 Å². The minimum absolute atomic E-state index is 0.0511. The minimum atomic E-state index is -0.0511. The fourth-order valence-corrected chi connectivity index (χ4v) is 1.08. The average Bonchev–Trinajstić information content (AvgIpc) is 2.16. The molecule has 1 aromatic rings. The Hall–Kier alpha value is -1.52. The molecule has 80 valence electrons. The van der Waals surface area contributed by atoms with E-state index in [0.29, 0.717) is 16.5 Å². The van der Waals surface area contributed by atoms with Gasteiger partial charge in [-0.05, 0) is 25.1 Å². The molecule has 0 saturated carbocycles. The number of nitrogens with one attached hydrogen (secondary N) is 1. The van der Waals surface area contributed by atoms with Crippen molar-refractivity contribution in [3.63, 3.8) is 0 Å².